The molecule has 33 heavy (non-hydrogen) atoms. The molecule has 0 saturated heterocycles. The second-order valence-electron chi connectivity index (χ2n) is 7.64. The monoisotopic (exact) mass is 496 g/mol. The summed E-state index contributed by atoms with van der Waals surface area (Å²) in [5.74, 6) is 0.886. The molecule has 1 atom stereocenters. The summed E-state index contributed by atoms with van der Waals surface area (Å²) in [5.41, 5.74) is 1.02. The van der Waals surface area contributed by atoms with Gasteiger partial charge in [0, 0.05) is 30.0 Å². The Bertz CT molecular complexity index is 918. The molecule has 2 aromatic rings. The number of hydrogen-bond acceptors (Lipinski definition) is 6. The van der Waals surface area contributed by atoms with Gasteiger partial charge in [-0.05, 0) is 50.1 Å². The highest BCUT2D eigenvalue weighted by atomic mass is 35.5. The van der Waals surface area contributed by atoms with Crippen molar-refractivity contribution in [1.29, 1.82) is 0 Å². The summed E-state index contributed by atoms with van der Waals surface area (Å²) >= 11 is 7.67. The summed E-state index contributed by atoms with van der Waals surface area (Å²) in [5, 5.41) is -0.713. The number of carbonyl (C=O) groups is 2. The molecule has 182 valence electrons. The number of alkyl halides is 1. The number of benzene rings is 1. The van der Waals surface area contributed by atoms with Crippen LogP contribution < -0.4 is 9.47 Å². The molecule has 0 aliphatic carbocycles. The summed E-state index contributed by atoms with van der Waals surface area (Å²) in [6, 6.07) is 9.81. The van der Waals surface area contributed by atoms with E-state index >= 15 is 0 Å². The molecule has 9 heteroatoms. The minimum atomic E-state index is -0.713. The smallest absolute Gasteiger partial charge is 0.242 e. The van der Waals surface area contributed by atoms with Crippen molar-refractivity contribution in [3.63, 3.8) is 0 Å². The van der Waals surface area contributed by atoms with Crippen molar-refractivity contribution in [3.8, 4) is 11.5 Å². The van der Waals surface area contributed by atoms with Crippen LogP contribution in [0.3, 0.4) is 0 Å². The summed E-state index contributed by atoms with van der Waals surface area (Å²) in [7, 11) is 4.75. The van der Waals surface area contributed by atoms with Crippen LogP contribution in [0.1, 0.15) is 22.2 Å². The van der Waals surface area contributed by atoms with Crippen LogP contribution in [0.2, 0.25) is 0 Å². The van der Waals surface area contributed by atoms with Gasteiger partial charge in [-0.15, -0.1) is 22.9 Å². The first kappa shape index (κ1) is 27.0. The van der Waals surface area contributed by atoms with Crippen LogP contribution >= 0.6 is 22.9 Å². The van der Waals surface area contributed by atoms with Gasteiger partial charge in [-0.25, -0.2) is 0 Å². The minimum absolute atomic E-state index is 0.0461. The quantitative estimate of drug-likeness (QED) is 0.395. The highest BCUT2D eigenvalue weighted by molar-refractivity contribution is 7.11. The Morgan fingerprint density at radius 2 is 1.76 bits per heavy atom. The lowest BCUT2D eigenvalue weighted by atomic mass is 10.1. The van der Waals surface area contributed by atoms with Gasteiger partial charge in [0.2, 0.25) is 11.8 Å². The van der Waals surface area contributed by atoms with Crippen molar-refractivity contribution in [3.05, 3.63) is 45.6 Å². The second-order valence-corrected chi connectivity index (χ2v) is 9.66. The lowest BCUT2D eigenvalue weighted by Crippen LogP contribution is -2.46. The van der Waals surface area contributed by atoms with Crippen molar-refractivity contribution in [1.82, 2.24) is 9.80 Å². The van der Waals surface area contributed by atoms with E-state index in [1.165, 1.54) is 9.78 Å². The van der Waals surface area contributed by atoms with Gasteiger partial charge in [-0.3, -0.25) is 9.59 Å². The van der Waals surface area contributed by atoms with E-state index in [1.54, 1.807) is 44.5 Å². The van der Waals surface area contributed by atoms with Gasteiger partial charge in [0.15, 0.2) is 11.5 Å². The number of carbonyl (C=O) groups excluding carboxylic acids is 2. The highest BCUT2D eigenvalue weighted by Gasteiger charge is 2.24. The van der Waals surface area contributed by atoms with Gasteiger partial charge in [-0.2, -0.15) is 0 Å². The molecule has 0 spiro atoms. The van der Waals surface area contributed by atoms with Crippen molar-refractivity contribution in [2.75, 3.05) is 47.6 Å². The normalized spacial score (nSPS) is 11.7. The zero-order chi connectivity index (χ0) is 24.4. The van der Waals surface area contributed by atoms with Crippen molar-refractivity contribution < 1.29 is 23.8 Å². The number of hydrogen-bond donors (Lipinski definition) is 0. The van der Waals surface area contributed by atoms with Crippen LogP contribution in [0.4, 0.5) is 0 Å². The first-order valence-corrected chi connectivity index (χ1v) is 12.0. The average Bonchev–Trinajstić information content (AvgIpc) is 3.22. The molecule has 0 saturated carbocycles. The maximum Gasteiger partial charge on any atom is 0.242 e. The van der Waals surface area contributed by atoms with E-state index in [2.05, 4.69) is 0 Å². The maximum atomic E-state index is 13.3. The number of nitrogens with zero attached hydrogens (tertiary/aromatic N) is 2. The zero-order valence-corrected chi connectivity index (χ0v) is 21.5. The van der Waals surface area contributed by atoms with E-state index in [0.29, 0.717) is 44.2 Å². The Kier molecular flexibility index (Phi) is 11.0. The first-order chi connectivity index (χ1) is 15.8. The number of amides is 2. The van der Waals surface area contributed by atoms with E-state index in [9.17, 15) is 9.59 Å². The van der Waals surface area contributed by atoms with Crippen molar-refractivity contribution in [2.24, 2.45) is 0 Å². The van der Waals surface area contributed by atoms with Crippen molar-refractivity contribution in [2.45, 2.75) is 32.2 Å². The van der Waals surface area contributed by atoms with Crippen LogP contribution in [0, 0.1) is 6.92 Å². The van der Waals surface area contributed by atoms with Crippen LogP contribution in [0.15, 0.2) is 30.3 Å². The van der Waals surface area contributed by atoms with Crippen molar-refractivity contribution >= 4 is 34.8 Å². The summed E-state index contributed by atoms with van der Waals surface area (Å²) in [6.07, 6.45) is 0.633. The van der Waals surface area contributed by atoms with Gasteiger partial charge in [0.1, 0.15) is 5.38 Å². The number of aryl methyl sites for hydroxylation is 1. The number of methoxy groups -OCH3 is 3. The molecule has 0 fully saturated rings. The molecule has 0 bridgehead atoms. The van der Waals surface area contributed by atoms with Gasteiger partial charge in [0.05, 0.1) is 33.9 Å². The largest absolute Gasteiger partial charge is 0.493 e. The molecule has 1 heterocycles. The molecular weight excluding hydrogens is 464 g/mol. The van der Waals surface area contributed by atoms with E-state index in [1.807, 2.05) is 37.3 Å². The Morgan fingerprint density at radius 3 is 2.33 bits per heavy atom. The fourth-order valence-electron chi connectivity index (χ4n) is 3.33. The third kappa shape index (κ3) is 8.21. The maximum absolute atomic E-state index is 13.3. The average molecular weight is 497 g/mol. The van der Waals surface area contributed by atoms with Crippen LogP contribution in [0.5, 0.6) is 11.5 Å². The van der Waals surface area contributed by atoms with Crippen LogP contribution in [-0.4, -0.2) is 74.6 Å². The standard InChI is InChI=1S/C24H33ClN2O5S/c1-17-6-8-20(33-17)15-26(11-10-19-7-9-21(31-4)22(14-19)32-5)23(28)16-27(12-13-30-3)24(29)18(2)25/h6-9,14,18H,10-13,15-16H2,1-5H3. The molecule has 1 unspecified atom stereocenters. The molecule has 1 aromatic carbocycles. The van der Waals surface area contributed by atoms with Gasteiger partial charge in [-0.1, -0.05) is 6.07 Å². The molecule has 0 radical (unpaired) electrons. The molecule has 1 aromatic heterocycles. The third-order valence-corrected chi connectivity index (χ3v) is 6.33. The Labute approximate surface area is 205 Å². The molecule has 0 aliphatic rings. The number of rotatable bonds is 13. The van der Waals surface area contributed by atoms with Gasteiger partial charge >= 0.3 is 0 Å². The van der Waals surface area contributed by atoms with Gasteiger partial charge in [0.25, 0.3) is 0 Å². The highest BCUT2D eigenvalue weighted by Crippen LogP contribution is 2.28. The fraction of sp³-hybridized carbons (Fsp3) is 0.500. The molecule has 0 aliphatic heterocycles. The molecule has 2 rings (SSSR count). The number of ether oxygens (including phenoxy) is 3. The Hall–Kier alpha value is -2.29. The molecular formula is C24H33ClN2O5S. The first-order valence-electron chi connectivity index (χ1n) is 10.7. The van der Waals surface area contributed by atoms with Gasteiger partial charge < -0.3 is 24.0 Å². The molecule has 0 N–H and O–H groups in total. The van der Waals surface area contributed by atoms with Crippen LogP contribution in [0.25, 0.3) is 0 Å². The number of halogens is 1. The minimum Gasteiger partial charge on any atom is -0.493 e. The Morgan fingerprint density at radius 1 is 1.03 bits per heavy atom. The SMILES string of the molecule is COCCN(CC(=O)N(CCc1ccc(OC)c(OC)c1)Cc1ccc(C)s1)C(=O)C(C)Cl. The second kappa shape index (κ2) is 13.4. The summed E-state index contributed by atoms with van der Waals surface area (Å²) in [4.78, 5) is 31.4. The lowest BCUT2D eigenvalue weighted by Gasteiger charge is -2.28. The predicted molar refractivity (Wildman–Crippen MR) is 131 cm³/mol. The predicted octanol–water partition coefficient (Wildman–Crippen LogP) is 3.75. The third-order valence-electron chi connectivity index (χ3n) is 5.16. The van der Waals surface area contributed by atoms with E-state index in [-0.39, 0.29) is 18.4 Å². The zero-order valence-electron chi connectivity index (χ0n) is 19.9. The summed E-state index contributed by atoms with van der Waals surface area (Å²) < 4.78 is 15.8. The van der Waals surface area contributed by atoms with Crippen LogP contribution in [-0.2, 0) is 27.3 Å². The topological polar surface area (TPSA) is 68.3 Å². The molecule has 2 amide bonds. The Balaban J connectivity index is 2.18. The molecule has 7 nitrogen and oxygen atoms in total. The lowest BCUT2D eigenvalue weighted by molar-refractivity contribution is -0.141. The van der Waals surface area contributed by atoms with E-state index in [0.717, 1.165) is 10.4 Å². The summed E-state index contributed by atoms with van der Waals surface area (Å²) in [6.45, 7) is 5.21. The van der Waals surface area contributed by atoms with E-state index < -0.39 is 5.38 Å². The number of thiophene rings is 1. The van der Waals surface area contributed by atoms with E-state index in [4.69, 9.17) is 25.8 Å². The fourth-order valence-corrected chi connectivity index (χ4v) is 4.38.